The molecule has 0 aliphatic rings. The molecule has 0 spiro atoms. The topological polar surface area (TPSA) is 59.3 Å². The van der Waals surface area contributed by atoms with E-state index in [1.807, 2.05) is 0 Å². The molecular weight excluding hydrogens is 377 g/mol. The first-order chi connectivity index (χ1) is 10.8. The summed E-state index contributed by atoms with van der Waals surface area (Å²) in [4.78, 5) is 12.2. The number of nitrogens with one attached hydrogen (secondary N) is 1. The summed E-state index contributed by atoms with van der Waals surface area (Å²) >= 11 is 3.29. The van der Waals surface area contributed by atoms with E-state index in [-0.39, 0.29) is 5.56 Å². The van der Waals surface area contributed by atoms with E-state index in [0.29, 0.717) is 15.8 Å². The molecule has 1 N–H and O–H groups in total. The number of fused-ring (bicyclic) bond motifs is 1. The van der Waals surface area contributed by atoms with Gasteiger partial charge >= 0.3 is 6.18 Å². The molecule has 23 heavy (non-hydrogen) atoms. The highest BCUT2D eigenvalue weighted by atomic mass is 79.9. The number of alkyl halides is 3. The average molecular weight is 385 g/mol. The summed E-state index contributed by atoms with van der Waals surface area (Å²) < 4.78 is 39.9. The maximum absolute atomic E-state index is 12.5. The summed E-state index contributed by atoms with van der Waals surface area (Å²) in [6.07, 6.45) is -1.26. The monoisotopic (exact) mass is 384 g/mol. The standard InChI is InChI=1S/C14H8BrF3N4O/c15-10-5-11(12-21-19-7-22(12)6-10)20-13(23)8-1-3-9(4-2-8)14(16,17)18/h1-7H,(H,20,23). The molecule has 0 saturated carbocycles. The third kappa shape index (κ3) is 3.19. The molecule has 0 fully saturated rings. The molecule has 1 aromatic carbocycles. The van der Waals surface area contributed by atoms with Crippen LogP contribution in [0.15, 0.2) is 47.3 Å². The maximum Gasteiger partial charge on any atom is 0.416 e. The Kier molecular flexibility index (Phi) is 3.80. The Hall–Kier alpha value is -2.42. The lowest BCUT2D eigenvalue weighted by Crippen LogP contribution is -2.13. The number of nitrogens with zero attached hydrogens (tertiary/aromatic N) is 3. The van der Waals surface area contributed by atoms with Gasteiger partial charge in [0.1, 0.15) is 6.33 Å². The quantitative estimate of drug-likeness (QED) is 0.731. The lowest BCUT2D eigenvalue weighted by molar-refractivity contribution is -0.137. The van der Waals surface area contributed by atoms with Crippen LogP contribution in [-0.4, -0.2) is 20.5 Å². The number of anilines is 1. The van der Waals surface area contributed by atoms with E-state index in [4.69, 9.17) is 0 Å². The average Bonchev–Trinajstić information content (AvgIpc) is 2.94. The first-order valence-electron chi connectivity index (χ1n) is 6.32. The Bertz CT molecular complexity index is 874. The first kappa shape index (κ1) is 15.5. The van der Waals surface area contributed by atoms with Gasteiger partial charge in [-0.2, -0.15) is 13.2 Å². The van der Waals surface area contributed by atoms with Gasteiger partial charge in [0.2, 0.25) is 0 Å². The van der Waals surface area contributed by atoms with Crippen molar-refractivity contribution in [3.8, 4) is 0 Å². The van der Waals surface area contributed by atoms with Gasteiger partial charge in [0, 0.05) is 16.2 Å². The van der Waals surface area contributed by atoms with Crippen molar-refractivity contribution in [2.24, 2.45) is 0 Å². The maximum atomic E-state index is 12.5. The second-order valence-electron chi connectivity index (χ2n) is 4.66. The van der Waals surface area contributed by atoms with Gasteiger partial charge in [-0.05, 0) is 46.3 Å². The second-order valence-corrected chi connectivity index (χ2v) is 5.58. The van der Waals surface area contributed by atoms with Crippen molar-refractivity contribution in [2.45, 2.75) is 6.18 Å². The fraction of sp³-hybridized carbons (Fsp3) is 0.0714. The number of hydrogen-bond acceptors (Lipinski definition) is 3. The molecule has 2 aromatic heterocycles. The summed E-state index contributed by atoms with van der Waals surface area (Å²) in [5.74, 6) is -0.540. The van der Waals surface area contributed by atoms with Crippen molar-refractivity contribution < 1.29 is 18.0 Å². The highest BCUT2D eigenvalue weighted by molar-refractivity contribution is 9.10. The predicted octanol–water partition coefficient (Wildman–Crippen LogP) is 3.76. The van der Waals surface area contributed by atoms with E-state index in [2.05, 4.69) is 31.4 Å². The highest BCUT2D eigenvalue weighted by Crippen LogP contribution is 2.29. The third-order valence-corrected chi connectivity index (χ3v) is 3.51. The molecule has 1 amide bonds. The van der Waals surface area contributed by atoms with Crippen LogP contribution < -0.4 is 5.32 Å². The van der Waals surface area contributed by atoms with Gasteiger partial charge in [0.25, 0.3) is 5.91 Å². The number of benzene rings is 1. The Morgan fingerprint density at radius 3 is 2.57 bits per heavy atom. The normalized spacial score (nSPS) is 11.7. The zero-order chi connectivity index (χ0) is 16.6. The number of amides is 1. The van der Waals surface area contributed by atoms with Crippen molar-refractivity contribution >= 4 is 33.2 Å². The van der Waals surface area contributed by atoms with E-state index in [1.165, 1.54) is 6.33 Å². The van der Waals surface area contributed by atoms with Gasteiger partial charge in [-0.15, -0.1) is 10.2 Å². The SMILES string of the molecule is O=C(Nc1cc(Br)cn2cnnc12)c1ccc(C(F)(F)F)cc1. The van der Waals surface area contributed by atoms with Crippen LogP contribution in [0.4, 0.5) is 18.9 Å². The van der Waals surface area contributed by atoms with Gasteiger partial charge < -0.3 is 5.32 Å². The van der Waals surface area contributed by atoms with Crippen LogP contribution in [0, 0.1) is 0 Å². The fourth-order valence-electron chi connectivity index (χ4n) is 2.00. The third-order valence-electron chi connectivity index (χ3n) is 3.08. The number of rotatable bonds is 2. The Labute approximate surface area is 136 Å². The highest BCUT2D eigenvalue weighted by Gasteiger charge is 2.30. The minimum atomic E-state index is -4.44. The number of hydrogen-bond donors (Lipinski definition) is 1. The zero-order valence-corrected chi connectivity index (χ0v) is 12.9. The molecule has 9 heteroatoms. The van der Waals surface area contributed by atoms with Crippen molar-refractivity contribution in [1.29, 1.82) is 0 Å². The minimum Gasteiger partial charge on any atom is -0.319 e. The van der Waals surface area contributed by atoms with E-state index in [0.717, 1.165) is 24.3 Å². The van der Waals surface area contributed by atoms with Crippen LogP contribution in [0.3, 0.4) is 0 Å². The molecular formula is C14H8BrF3N4O. The number of halogens is 4. The second kappa shape index (κ2) is 5.65. The molecule has 0 atom stereocenters. The molecule has 0 bridgehead atoms. The van der Waals surface area contributed by atoms with Crippen LogP contribution >= 0.6 is 15.9 Å². The van der Waals surface area contributed by atoms with Gasteiger partial charge in [-0.3, -0.25) is 9.20 Å². The summed E-state index contributed by atoms with van der Waals surface area (Å²) in [6, 6.07) is 5.60. The molecule has 5 nitrogen and oxygen atoms in total. The lowest BCUT2D eigenvalue weighted by Gasteiger charge is -2.09. The summed E-state index contributed by atoms with van der Waals surface area (Å²) in [5, 5.41) is 10.2. The summed E-state index contributed by atoms with van der Waals surface area (Å²) in [5.41, 5.74) is 0.113. The minimum absolute atomic E-state index is 0.107. The van der Waals surface area contributed by atoms with Gasteiger partial charge in [-0.25, -0.2) is 0 Å². The molecule has 0 radical (unpaired) electrons. The molecule has 2 heterocycles. The van der Waals surface area contributed by atoms with Gasteiger partial charge in [-0.1, -0.05) is 0 Å². The van der Waals surface area contributed by atoms with Crippen molar-refractivity contribution in [2.75, 3.05) is 5.32 Å². The number of carbonyl (C=O) groups excluding carboxylic acids is 1. The van der Waals surface area contributed by atoms with Crippen molar-refractivity contribution in [1.82, 2.24) is 14.6 Å². The Morgan fingerprint density at radius 2 is 1.91 bits per heavy atom. The Balaban J connectivity index is 1.87. The van der Waals surface area contributed by atoms with Gasteiger partial charge in [0.15, 0.2) is 5.65 Å². The summed E-state index contributed by atoms with van der Waals surface area (Å²) in [7, 11) is 0. The van der Waals surface area contributed by atoms with Crippen molar-refractivity contribution in [3.05, 3.63) is 58.5 Å². The van der Waals surface area contributed by atoms with Crippen LogP contribution in [0.25, 0.3) is 5.65 Å². The van der Waals surface area contributed by atoms with E-state index < -0.39 is 17.6 Å². The van der Waals surface area contributed by atoms with Crippen LogP contribution in [0.5, 0.6) is 0 Å². The lowest BCUT2D eigenvalue weighted by atomic mass is 10.1. The van der Waals surface area contributed by atoms with Crippen LogP contribution in [0.1, 0.15) is 15.9 Å². The molecule has 0 unspecified atom stereocenters. The zero-order valence-electron chi connectivity index (χ0n) is 11.3. The number of pyridine rings is 1. The Morgan fingerprint density at radius 1 is 1.22 bits per heavy atom. The molecule has 0 aliphatic carbocycles. The number of aromatic nitrogens is 3. The predicted molar refractivity (Wildman–Crippen MR) is 80.1 cm³/mol. The molecule has 0 saturated heterocycles. The van der Waals surface area contributed by atoms with E-state index in [1.54, 1.807) is 16.7 Å². The molecule has 3 aromatic rings. The van der Waals surface area contributed by atoms with Gasteiger partial charge in [0.05, 0.1) is 11.3 Å². The fourth-order valence-corrected chi connectivity index (χ4v) is 2.45. The molecule has 0 aliphatic heterocycles. The smallest absolute Gasteiger partial charge is 0.319 e. The molecule has 3 rings (SSSR count). The van der Waals surface area contributed by atoms with E-state index in [9.17, 15) is 18.0 Å². The number of carbonyl (C=O) groups is 1. The van der Waals surface area contributed by atoms with E-state index >= 15 is 0 Å². The largest absolute Gasteiger partial charge is 0.416 e. The first-order valence-corrected chi connectivity index (χ1v) is 7.11. The van der Waals surface area contributed by atoms with Crippen LogP contribution in [-0.2, 0) is 6.18 Å². The molecule has 118 valence electrons. The van der Waals surface area contributed by atoms with Crippen LogP contribution in [0.2, 0.25) is 0 Å². The summed E-state index contributed by atoms with van der Waals surface area (Å²) in [6.45, 7) is 0. The van der Waals surface area contributed by atoms with Crippen molar-refractivity contribution in [3.63, 3.8) is 0 Å².